The summed E-state index contributed by atoms with van der Waals surface area (Å²) in [5, 5.41) is 0. The zero-order chi connectivity index (χ0) is 23.7. The van der Waals surface area contributed by atoms with Crippen molar-refractivity contribution in [2.75, 3.05) is 0 Å². The molecule has 0 fully saturated rings. The predicted octanol–water partition coefficient (Wildman–Crippen LogP) is 4.99. The van der Waals surface area contributed by atoms with E-state index in [0.29, 0.717) is 17.6 Å². The number of hydrogen-bond acceptors (Lipinski definition) is 5. The lowest BCUT2D eigenvalue weighted by Crippen LogP contribution is -2.26. The lowest BCUT2D eigenvalue weighted by molar-refractivity contribution is 0.0981. The highest BCUT2D eigenvalue weighted by atomic mass is 32.1. The first kappa shape index (κ1) is 21.8. The number of carbonyl (C=O) groups is 1. The number of carbonyl (C=O) groups excluding carboxylic acids is 1. The van der Waals surface area contributed by atoms with E-state index in [1.807, 2.05) is 18.3 Å². The van der Waals surface area contributed by atoms with Gasteiger partial charge in [0.05, 0.1) is 12.1 Å². The fourth-order valence-electron chi connectivity index (χ4n) is 3.77. The van der Waals surface area contributed by atoms with Crippen molar-refractivity contribution in [1.82, 2.24) is 19.5 Å². The van der Waals surface area contributed by atoms with Crippen LogP contribution in [0.2, 0.25) is 0 Å². The largest absolute Gasteiger partial charge is 0.344 e. The Bertz CT molecular complexity index is 1570. The molecule has 5 rings (SSSR count). The number of aryl methyl sites for hydroxylation is 1. The summed E-state index contributed by atoms with van der Waals surface area (Å²) in [5.41, 5.74) is 2.51. The Morgan fingerprint density at radius 3 is 2.76 bits per heavy atom. The Labute approximate surface area is 196 Å². The third-order valence-electron chi connectivity index (χ3n) is 5.49. The number of aromatic nitrogens is 4. The quantitative estimate of drug-likeness (QED) is 0.336. The molecule has 0 unspecified atom stereocenters. The van der Waals surface area contributed by atoms with Crippen LogP contribution in [0.15, 0.2) is 72.0 Å². The first-order chi connectivity index (χ1) is 16.5. The number of ketones is 1. The number of thiophene rings is 1. The number of rotatable bonds is 7. The Balaban J connectivity index is 1.29. The van der Waals surface area contributed by atoms with Crippen LogP contribution in [0.4, 0.5) is 8.78 Å². The predicted molar refractivity (Wildman–Crippen MR) is 126 cm³/mol. The molecule has 0 aliphatic carbocycles. The van der Waals surface area contributed by atoms with Gasteiger partial charge in [0.1, 0.15) is 5.52 Å². The second-order valence-corrected chi connectivity index (χ2v) is 8.92. The minimum absolute atomic E-state index is 0.0406. The second-order valence-electron chi connectivity index (χ2n) is 7.75. The van der Waals surface area contributed by atoms with Crippen molar-refractivity contribution < 1.29 is 13.6 Å². The lowest BCUT2D eigenvalue weighted by Gasteiger charge is -2.08. The number of nitrogens with zero attached hydrogens (tertiary/aromatic N) is 3. The molecule has 4 aromatic heterocycles. The van der Waals surface area contributed by atoms with Crippen LogP contribution in [0, 0.1) is 11.6 Å². The molecule has 0 amide bonds. The molecule has 9 heteroatoms. The van der Waals surface area contributed by atoms with Crippen LogP contribution >= 0.6 is 11.3 Å². The first-order valence-corrected chi connectivity index (χ1v) is 11.3. The minimum Gasteiger partial charge on any atom is -0.344 e. The van der Waals surface area contributed by atoms with Gasteiger partial charge in [-0.15, -0.1) is 11.3 Å². The average molecular weight is 477 g/mol. The molecule has 0 bridgehead atoms. The van der Waals surface area contributed by atoms with Gasteiger partial charge in [0.15, 0.2) is 23.1 Å². The number of aromatic amines is 1. The van der Waals surface area contributed by atoms with Crippen molar-refractivity contribution in [3.8, 4) is 10.4 Å². The van der Waals surface area contributed by atoms with Gasteiger partial charge >= 0.3 is 0 Å². The molecule has 34 heavy (non-hydrogen) atoms. The van der Waals surface area contributed by atoms with Crippen LogP contribution in [-0.4, -0.2) is 25.3 Å². The summed E-state index contributed by atoms with van der Waals surface area (Å²) in [4.78, 5) is 39.4. The Hall–Kier alpha value is -3.98. The molecule has 170 valence electrons. The highest BCUT2D eigenvalue weighted by Crippen LogP contribution is 2.32. The van der Waals surface area contributed by atoms with Crippen molar-refractivity contribution in [2.24, 2.45) is 0 Å². The summed E-state index contributed by atoms with van der Waals surface area (Å²) in [6.07, 6.45) is 7.34. The smallest absolute Gasteiger partial charge is 0.261 e. The van der Waals surface area contributed by atoms with Crippen LogP contribution in [0.3, 0.4) is 0 Å². The number of pyridine rings is 1. The second kappa shape index (κ2) is 9.11. The van der Waals surface area contributed by atoms with Gasteiger partial charge in [-0.3, -0.25) is 14.6 Å². The van der Waals surface area contributed by atoms with Gasteiger partial charge in [-0.2, -0.15) is 0 Å². The molecule has 0 radical (unpaired) electrons. The Morgan fingerprint density at radius 2 is 1.91 bits per heavy atom. The van der Waals surface area contributed by atoms with Gasteiger partial charge in [-0.05, 0) is 48.4 Å². The summed E-state index contributed by atoms with van der Waals surface area (Å²) in [6.45, 7) is 0.0406. The molecular formula is C25H18F2N4O2S. The average Bonchev–Trinajstić information content (AvgIpc) is 3.48. The number of hydrogen-bond donors (Lipinski definition) is 1. The van der Waals surface area contributed by atoms with Gasteiger partial charge < -0.3 is 9.55 Å². The molecule has 0 saturated heterocycles. The third-order valence-corrected chi connectivity index (χ3v) is 6.67. The van der Waals surface area contributed by atoms with E-state index in [0.717, 1.165) is 33.0 Å². The van der Waals surface area contributed by atoms with Gasteiger partial charge in [-0.25, -0.2) is 13.8 Å². The zero-order valence-corrected chi connectivity index (χ0v) is 18.6. The van der Waals surface area contributed by atoms with Crippen molar-refractivity contribution in [2.45, 2.75) is 19.4 Å². The standard InChI is InChI=1S/C25H18F2N4O2S/c26-19-6-3-15(12-20(19)27)14-31-11-1-2-17(25(31)33)21(32)7-4-16-5-8-22(34-16)18-13-30-24-23(18)28-9-10-29-24/h1-3,5-6,8-13H,4,7,14H2,(H,29,30). The minimum atomic E-state index is -0.979. The van der Waals surface area contributed by atoms with Crippen LogP contribution in [-0.2, 0) is 13.0 Å². The van der Waals surface area contributed by atoms with E-state index >= 15 is 0 Å². The van der Waals surface area contributed by atoms with E-state index in [9.17, 15) is 18.4 Å². The van der Waals surface area contributed by atoms with E-state index in [1.54, 1.807) is 29.8 Å². The van der Waals surface area contributed by atoms with Crippen molar-refractivity contribution in [1.29, 1.82) is 0 Å². The third kappa shape index (κ3) is 4.29. The summed E-state index contributed by atoms with van der Waals surface area (Å²) in [6, 6.07) is 10.5. The summed E-state index contributed by atoms with van der Waals surface area (Å²) >= 11 is 1.56. The summed E-state index contributed by atoms with van der Waals surface area (Å²) in [7, 11) is 0. The molecule has 4 heterocycles. The number of H-pyrrole nitrogens is 1. The number of nitrogens with one attached hydrogen (secondary N) is 1. The molecule has 0 aliphatic heterocycles. The molecular weight excluding hydrogens is 458 g/mol. The van der Waals surface area contributed by atoms with Crippen LogP contribution in [0.25, 0.3) is 21.6 Å². The summed E-state index contributed by atoms with van der Waals surface area (Å²) in [5.74, 6) is -2.19. The number of fused-ring (bicyclic) bond motifs is 1. The van der Waals surface area contributed by atoms with Gasteiger partial charge in [0, 0.05) is 46.5 Å². The molecule has 1 aromatic carbocycles. The molecule has 6 nitrogen and oxygen atoms in total. The molecule has 0 aliphatic rings. The first-order valence-electron chi connectivity index (χ1n) is 10.5. The number of halogens is 2. The highest BCUT2D eigenvalue weighted by Gasteiger charge is 2.15. The fourth-order valence-corrected chi connectivity index (χ4v) is 4.80. The fraction of sp³-hybridized carbons (Fsp3) is 0.120. The monoisotopic (exact) mass is 476 g/mol. The van der Waals surface area contributed by atoms with Crippen LogP contribution in [0.5, 0.6) is 0 Å². The Kier molecular flexibility index (Phi) is 5.85. The topological polar surface area (TPSA) is 80.6 Å². The maximum atomic E-state index is 13.5. The maximum absolute atomic E-state index is 13.5. The lowest BCUT2D eigenvalue weighted by atomic mass is 10.1. The van der Waals surface area contributed by atoms with Gasteiger partial charge in [0.2, 0.25) is 0 Å². The highest BCUT2D eigenvalue weighted by molar-refractivity contribution is 7.15. The van der Waals surface area contributed by atoms with Gasteiger partial charge in [0.25, 0.3) is 5.56 Å². The number of benzene rings is 1. The normalized spacial score (nSPS) is 11.2. The molecule has 5 aromatic rings. The summed E-state index contributed by atoms with van der Waals surface area (Å²) < 4.78 is 28.0. The Morgan fingerprint density at radius 1 is 1.06 bits per heavy atom. The van der Waals surface area contributed by atoms with Crippen LogP contribution < -0.4 is 5.56 Å². The van der Waals surface area contributed by atoms with Crippen LogP contribution in [0.1, 0.15) is 27.2 Å². The number of Topliss-reactive ketones (excluding diaryl/α,β-unsaturated/α-hetero) is 1. The van der Waals surface area contributed by atoms with Crippen molar-refractivity contribution in [3.05, 3.63) is 105 Å². The van der Waals surface area contributed by atoms with Crippen molar-refractivity contribution >= 4 is 28.3 Å². The SMILES string of the molecule is O=C(CCc1ccc(-c2c[nH]c3nccnc23)s1)c1cccn(Cc2ccc(F)c(F)c2)c1=O. The van der Waals surface area contributed by atoms with Gasteiger partial charge in [-0.1, -0.05) is 6.07 Å². The van der Waals surface area contributed by atoms with E-state index in [1.165, 1.54) is 22.9 Å². The van der Waals surface area contributed by atoms with Crippen molar-refractivity contribution in [3.63, 3.8) is 0 Å². The molecule has 1 N–H and O–H groups in total. The maximum Gasteiger partial charge on any atom is 0.261 e. The molecule has 0 saturated carbocycles. The molecule has 0 atom stereocenters. The van der Waals surface area contributed by atoms with E-state index < -0.39 is 17.2 Å². The van der Waals surface area contributed by atoms with E-state index in [4.69, 9.17) is 0 Å². The zero-order valence-electron chi connectivity index (χ0n) is 17.8. The van der Waals surface area contributed by atoms with E-state index in [-0.39, 0.29) is 24.3 Å². The van der Waals surface area contributed by atoms with E-state index in [2.05, 4.69) is 15.0 Å². The molecule has 0 spiro atoms.